The zero-order valence-electron chi connectivity index (χ0n) is 5.86. The first-order chi connectivity index (χ1) is 5.05. The molecule has 1 heterocycles. The molecule has 1 rings (SSSR count). The van der Waals surface area contributed by atoms with Crippen LogP contribution < -0.4 is 0 Å². The molecule has 0 bridgehead atoms. The van der Waals surface area contributed by atoms with Gasteiger partial charge in [0.25, 0.3) is 0 Å². The highest BCUT2D eigenvalue weighted by Crippen LogP contribution is 2.10. The van der Waals surface area contributed by atoms with Crippen LogP contribution in [-0.4, -0.2) is 18.0 Å². The van der Waals surface area contributed by atoms with Crippen molar-refractivity contribution >= 4 is 10.2 Å². The number of hydrogen-bond donors (Lipinski definition) is 0. The molecule has 0 unspecified atom stereocenters. The van der Waals surface area contributed by atoms with Crippen LogP contribution in [0.4, 0.5) is 3.89 Å². The molecular formula is C5H7FN2O2S. The zero-order valence-corrected chi connectivity index (χ0v) is 6.68. The average Bonchev–Trinajstić information content (AvgIpc) is 2.31. The van der Waals surface area contributed by atoms with Gasteiger partial charge in [0.1, 0.15) is 0 Å². The van der Waals surface area contributed by atoms with Gasteiger partial charge in [0.15, 0.2) is 5.03 Å². The van der Waals surface area contributed by atoms with Crippen LogP contribution in [-0.2, 0) is 16.8 Å². The smallest absolute Gasteiger partial charge is 0.320 e. The maximum atomic E-state index is 12.3. The van der Waals surface area contributed by atoms with Gasteiger partial charge in [-0.15, -0.1) is 0 Å². The van der Waals surface area contributed by atoms with Gasteiger partial charge in [-0.2, -0.15) is 8.42 Å². The van der Waals surface area contributed by atoms with Crippen LogP contribution in [0.25, 0.3) is 0 Å². The van der Waals surface area contributed by atoms with Crippen molar-refractivity contribution in [3.05, 3.63) is 12.5 Å². The van der Waals surface area contributed by atoms with E-state index in [2.05, 4.69) is 4.98 Å². The lowest BCUT2D eigenvalue weighted by Crippen LogP contribution is -2.02. The molecule has 0 radical (unpaired) electrons. The van der Waals surface area contributed by atoms with E-state index in [0.717, 1.165) is 6.20 Å². The lowest BCUT2D eigenvalue weighted by molar-refractivity contribution is 0.535. The van der Waals surface area contributed by atoms with Crippen molar-refractivity contribution < 1.29 is 12.3 Å². The Kier molecular flexibility index (Phi) is 1.95. The summed E-state index contributed by atoms with van der Waals surface area (Å²) >= 11 is 0. The van der Waals surface area contributed by atoms with E-state index < -0.39 is 10.2 Å². The Bertz CT molecular complexity index is 343. The van der Waals surface area contributed by atoms with Gasteiger partial charge in [-0.25, -0.2) is 4.98 Å². The first-order valence-corrected chi connectivity index (χ1v) is 4.39. The highest BCUT2D eigenvalue weighted by molar-refractivity contribution is 7.86. The van der Waals surface area contributed by atoms with Crippen LogP contribution in [0.5, 0.6) is 0 Å². The quantitative estimate of drug-likeness (QED) is 0.622. The van der Waals surface area contributed by atoms with Gasteiger partial charge in [0.2, 0.25) is 0 Å². The fourth-order valence-corrected chi connectivity index (χ4v) is 1.39. The number of hydrogen-bond acceptors (Lipinski definition) is 3. The first-order valence-electron chi connectivity index (χ1n) is 3.00. The molecule has 0 fully saturated rings. The zero-order chi connectivity index (χ0) is 8.48. The third-order valence-corrected chi connectivity index (χ3v) is 2.10. The molecule has 1 aromatic rings. The second-order valence-electron chi connectivity index (χ2n) is 1.96. The van der Waals surface area contributed by atoms with Gasteiger partial charge in [0.05, 0.1) is 12.5 Å². The second kappa shape index (κ2) is 2.61. The van der Waals surface area contributed by atoms with Crippen LogP contribution in [0.2, 0.25) is 0 Å². The predicted molar refractivity (Wildman–Crippen MR) is 36.2 cm³/mol. The van der Waals surface area contributed by atoms with E-state index in [9.17, 15) is 12.3 Å². The summed E-state index contributed by atoms with van der Waals surface area (Å²) in [5, 5.41) is -0.389. The summed E-state index contributed by atoms with van der Waals surface area (Å²) in [6.07, 6.45) is 2.26. The molecule has 0 spiro atoms. The number of imidazole rings is 1. The highest BCUT2D eigenvalue weighted by Gasteiger charge is 2.16. The van der Waals surface area contributed by atoms with Crippen LogP contribution in [0.15, 0.2) is 17.6 Å². The summed E-state index contributed by atoms with van der Waals surface area (Å²) in [6.45, 7) is 2.09. The minimum Gasteiger partial charge on any atom is -0.320 e. The SMILES string of the molecule is CCn1cncc1S(=O)(=O)F. The van der Waals surface area contributed by atoms with Crippen molar-refractivity contribution in [1.29, 1.82) is 0 Å². The molecule has 0 saturated heterocycles. The Morgan fingerprint density at radius 2 is 2.36 bits per heavy atom. The van der Waals surface area contributed by atoms with Gasteiger partial charge < -0.3 is 4.57 Å². The Balaban J connectivity index is 3.24. The van der Waals surface area contributed by atoms with E-state index in [4.69, 9.17) is 0 Å². The Morgan fingerprint density at radius 3 is 2.73 bits per heavy atom. The summed E-state index contributed by atoms with van der Waals surface area (Å²) in [7, 11) is -4.60. The average molecular weight is 178 g/mol. The normalized spacial score (nSPS) is 11.8. The molecule has 62 valence electrons. The fourth-order valence-electron chi connectivity index (χ4n) is 0.749. The van der Waals surface area contributed by atoms with Crippen molar-refractivity contribution in [3.63, 3.8) is 0 Å². The van der Waals surface area contributed by atoms with Gasteiger partial charge in [-0.05, 0) is 6.92 Å². The van der Waals surface area contributed by atoms with E-state index in [-0.39, 0.29) is 5.03 Å². The lowest BCUT2D eigenvalue weighted by atomic mass is 10.7. The van der Waals surface area contributed by atoms with Gasteiger partial charge in [-0.1, -0.05) is 3.89 Å². The molecule has 0 aromatic carbocycles. The van der Waals surface area contributed by atoms with Gasteiger partial charge in [0, 0.05) is 6.54 Å². The largest absolute Gasteiger partial charge is 0.349 e. The fraction of sp³-hybridized carbons (Fsp3) is 0.400. The molecule has 0 aliphatic rings. The van der Waals surface area contributed by atoms with Crippen molar-refractivity contribution in [2.45, 2.75) is 18.5 Å². The van der Waals surface area contributed by atoms with Crippen molar-refractivity contribution in [1.82, 2.24) is 9.55 Å². The molecule has 0 amide bonds. The molecule has 0 saturated carbocycles. The molecule has 1 aromatic heterocycles. The molecule has 6 heteroatoms. The number of aryl methyl sites for hydroxylation is 1. The lowest BCUT2D eigenvalue weighted by Gasteiger charge is -1.97. The monoisotopic (exact) mass is 178 g/mol. The van der Waals surface area contributed by atoms with E-state index in [0.29, 0.717) is 6.54 Å². The molecule has 0 aliphatic carbocycles. The van der Waals surface area contributed by atoms with Crippen LogP contribution >= 0.6 is 0 Å². The minimum atomic E-state index is -4.60. The number of halogens is 1. The number of aromatic nitrogens is 2. The molecular weight excluding hydrogens is 171 g/mol. The van der Waals surface area contributed by atoms with Crippen molar-refractivity contribution in [2.75, 3.05) is 0 Å². The van der Waals surface area contributed by atoms with Crippen LogP contribution in [0.1, 0.15) is 6.92 Å². The highest BCUT2D eigenvalue weighted by atomic mass is 32.3. The number of nitrogens with zero attached hydrogens (tertiary/aromatic N) is 2. The summed E-state index contributed by atoms with van der Waals surface area (Å²) in [5.74, 6) is 0. The summed E-state index contributed by atoms with van der Waals surface area (Å²) in [6, 6.07) is 0. The number of rotatable bonds is 2. The molecule has 4 nitrogen and oxygen atoms in total. The van der Waals surface area contributed by atoms with E-state index >= 15 is 0 Å². The Hall–Kier alpha value is -0.910. The molecule has 0 atom stereocenters. The topological polar surface area (TPSA) is 52.0 Å². The Labute approximate surface area is 63.9 Å². The predicted octanol–water partition coefficient (Wildman–Crippen LogP) is 0.561. The maximum absolute atomic E-state index is 12.3. The van der Waals surface area contributed by atoms with Gasteiger partial charge in [-0.3, -0.25) is 0 Å². The minimum absolute atomic E-state index is 0.387. The standard InChI is InChI=1S/C5H7FN2O2S/c1-2-8-4-7-3-5(8)11(6,9)10/h3-4H,2H2,1H3. The van der Waals surface area contributed by atoms with Crippen LogP contribution in [0.3, 0.4) is 0 Å². The summed E-state index contributed by atoms with van der Waals surface area (Å²) in [5.41, 5.74) is 0. The molecule has 0 N–H and O–H groups in total. The Morgan fingerprint density at radius 1 is 1.73 bits per heavy atom. The van der Waals surface area contributed by atoms with Crippen LogP contribution in [0, 0.1) is 0 Å². The second-order valence-corrected chi connectivity index (χ2v) is 3.25. The summed E-state index contributed by atoms with van der Waals surface area (Å²) in [4.78, 5) is 3.50. The third-order valence-electron chi connectivity index (χ3n) is 1.26. The van der Waals surface area contributed by atoms with Crippen molar-refractivity contribution in [2.24, 2.45) is 0 Å². The van der Waals surface area contributed by atoms with Crippen molar-refractivity contribution in [3.8, 4) is 0 Å². The third kappa shape index (κ3) is 1.56. The first kappa shape index (κ1) is 8.19. The molecule has 11 heavy (non-hydrogen) atoms. The van der Waals surface area contributed by atoms with E-state index in [1.165, 1.54) is 10.9 Å². The van der Waals surface area contributed by atoms with E-state index in [1.807, 2.05) is 0 Å². The maximum Gasteiger partial charge on any atom is 0.349 e. The van der Waals surface area contributed by atoms with E-state index in [1.54, 1.807) is 6.92 Å². The van der Waals surface area contributed by atoms with Gasteiger partial charge >= 0.3 is 10.2 Å². The molecule has 0 aliphatic heterocycles. The summed E-state index contributed by atoms with van der Waals surface area (Å²) < 4.78 is 34.2.